The molecule has 0 bridgehead atoms. The van der Waals surface area contributed by atoms with E-state index in [0.29, 0.717) is 25.7 Å². The molecule has 0 saturated heterocycles. The zero-order valence-corrected chi connectivity index (χ0v) is 37.6. The van der Waals surface area contributed by atoms with Crippen LogP contribution in [-0.4, -0.2) is 111 Å². The molecule has 0 spiro atoms. The van der Waals surface area contributed by atoms with Crippen LogP contribution in [0.5, 0.6) is 0 Å². The van der Waals surface area contributed by atoms with Crippen molar-refractivity contribution in [1.82, 2.24) is 31.9 Å². The molecule has 0 aliphatic heterocycles. The molecule has 3 atom stereocenters. The fourth-order valence-corrected chi connectivity index (χ4v) is 5.86. The summed E-state index contributed by atoms with van der Waals surface area (Å²) in [4.78, 5) is 76.8. The zero-order chi connectivity index (χ0) is 43.7. The van der Waals surface area contributed by atoms with Gasteiger partial charge in [-0.3, -0.25) is 28.8 Å². The number of ether oxygens (including phenoxy) is 3. The van der Waals surface area contributed by atoms with Crippen molar-refractivity contribution < 1.29 is 43.0 Å². The zero-order valence-electron chi connectivity index (χ0n) is 37.6. The van der Waals surface area contributed by atoms with Crippen molar-refractivity contribution in [3.05, 3.63) is 0 Å². The first-order chi connectivity index (χ1) is 26.6. The minimum absolute atomic E-state index is 0.0370. The molecule has 57 heavy (non-hydrogen) atoms. The molecule has 6 N–H and O–H groups in total. The second-order valence-electron chi connectivity index (χ2n) is 17.5. The predicted octanol–water partition coefficient (Wildman–Crippen LogP) is 3.77. The molecule has 0 saturated carbocycles. The van der Waals surface area contributed by atoms with Gasteiger partial charge in [-0.15, -0.1) is 0 Å². The number of nitrogens with one attached hydrogen (secondary N) is 6. The fourth-order valence-electron chi connectivity index (χ4n) is 5.86. The van der Waals surface area contributed by atoms with Crippen LogP contribution >= 0.6 is 0 Å². The van der Waals surface area contributed by atoms with Crippen LogP contribution in [0.3, 0.4) is 0 Å². The van der Waals surface area contributed by atoms with Crippen LogP contribution in [-0.2, 0) is 43.0 Å². The van der Waals surface area contributed by atoms with E-state index in [4.69, 9.17) is 14.2 Å². The highest BCUT2D eigenvalue weighted by Gasteiger charge is 2.31. The first-order valence-electron chi connectivity index (χ1n) is 21.1. The normalized spacial score (nSPS) is 13.5. The highest BCUT2D eigenvalue weighted by Crippen LogP contribution is 2.24. The van der Waals surface area contributed by atoms with E-state index in [1.807, 2.05) is 90.0 Å². The van der Waals surface area contributed by atoms with Crippen molar-refractivity contribution in [1.29, 1.82) is 0 Å². The van der Waals surface area contributed by atoms with Gasteiger partial charge >= 0.3 is 0 Å². The summed E-state index contributed by atoms with van der Waals surface area (Å²) in [5.74, 6) is -0.990. The average Bonchev–Trinajstić information content (AvgIpc) is 3.07. The molecule has 0 radical (unpaired) electrons. The largest absolute Gasteiger partial charge is 0.380 e. The van der Waals surface area contributed by atoms with Crippen LogP contribution in [0, 0.1) is 23.2 Å². The van der Waals surface area contributed by atoms with Crippen LogP contribution in [0.2, 0.25) is 0 Å². The van der Waals surface area contributed by atoms with E-state index in [1.165, 1.54) is 0 Å². The monoisotopic (exact) mass is 813 g/mol. The molecule has 0 unspecified atom stereocenters. The molecule has 15 nitrogen and oxygen atoms in total. The van der Waals surface area contributed by atoms with Gasteiger partial charge in [0.15, 0.2) is 0 Å². The second kappa shape index (κ2) is 29.0. The lowest BCUT2D eigenvalue weighted by atomic mass is 9.88. The van der Waals surface area contributed by atoms with Crippen molar-refractivity contribution in [3.63, 3.8) is 0 Å². The maximum Gasteiger partial charge on any atom is 0.242 e. The van der Waals surface area contributed by atoms with Crippen molar-refractivity contribution in [2.24, 2.45) is 23.2 Å². The third-order valence-electron chi connectivity index (χ3n) is 8.76. The van der Waals surface area contributed by atoms with Gasteiger partial charge in [0.1, 0.15) is 18.1 Å². The lowest BCUT2D eigenvalue weighted by Gasteiger charge is -2.32. The molecule has 0 aromatic carbocycles. The van der Waals surface area contributed by atoms with E-state index in [9.17, 15) is 28.8 Å². The average molecular weight is 813 g/mol. The molecule has 0 heterocycles. The Balaban J connectivity index is 5.59. The molecule has 0 aliphatic carbocycles. The van der Waals surface area contributed by atoms with Gasteiger partial charge in [-0.05, 0) is 85.0 Å². The lowest BCUT2D eigenvalue weighted by Crippen LogP contribution is -2.49. The van der Waals surface area contributed by atoms with Crippen molar-refractivity contribution in [2.75, 3.05) is 39.6 Å². The van der Waals surface area contributed by atoms with E-state index in [-0.39, 0.29) is 130 Å². The Morgan fingerprint density at radius 2 is 0.667 bits per heavy atom. The van der Waals surface area contributed by atoms with E-state index in [2.05, 4.69) is 31.9 Å². The van der Waals surface area contributed by atoms with Crippen molar-refractivity contribution in [2.45, 2.75) is 171 Å². The van der Waals surface area contributed by atoms with Gasteiger partial charge in [0, 0.05) is 42.8 Å². The molecule has 332 valence electrons. The quantitative estimate of drug-likeness (QED) is 0.0564. The summed E-state index contributed by atoms with van der Waals surface area (Å²) in [5, 5.41) is 17.1. The first kappa shape index (κ1) is 53.7. The lowest BCUT2D eigenvalue weighted by molar-refractivity contribution is -0.132. The minimum Gasteiger partial charge on any atom is -0.380 e. The summed E-state index contributed by atoms with van der Waals surface area (Å²) < 4.78 is 18.1. The van der Waals surface area contributed by atoms with E-state index >= 15 is 0 Å². The topological polar surface area (TPSA) is 202 Å². The third-order valence-corrected chi connectivity index (χ3v) is 8.76. The van der Waals surface area contributed by atoms with Crippen LogP contribution in [0.15, 0.2) is 0 Å². The van der Waals surface area contributed by atoms with Gasteiger partial charge < -0.3 is 46.1 Å². The standard InChI is InChI=1S/C42H80N6O9/c1-14-42(24-55-18-15-36(49)46-33(21-27(2)3)39(52)43-30(8)9,25-56-19-16-37(50)47-34(22-28(4)5)40(53)44-31(10)11)26-57-20-17-38(51)48-35(23-29(6)7)41(54)45-32(12)13/h27-35H,14-26H2,1-13H3,(H,43,52)(H,44,53)(H,45,54)(H,46,49)(H,47,50)(H,48,51)/t33-,34-,35-/m0/s1. The SMILES string of the molecule is CCC(COCCC(=O)N[C@@H](CC(C)C)C(=O)NC(C)C)(COCCC(=O)N[C@@H](CC(C)C)C(=O)NC(C)C)COCCC(=O)N[C@@H](CC(C)C)C(=O)NC(C)C. The molecule has 0 aliphatic rings. The Hall–Kier alpha value is -3.30. The second-order valence-corrected chi connectivity index (χ2v) is 17.5. The summed E-state index contributed by atoms with van der Waals surface area (Å²) in [6.07, 6.45) is 2.17. The summed E-state index contributed by atoms with van der Waals surface area (Å²) in [6, 6.07) is -2.12. The number of amides is 6. The first-order valence-corrected chi connectivity index (χ1v) is 21.1. The molecule has 0 aromatic heterocycles. The number of carbonyl (C=O) groups excluding carboxylic acids is 6. The highest BCUT2D eigenvalue weighted by atomic mass is 16.5. The predicted molar refractivity (Wildman–Crippen MR) is 223 cm³/mol. The highest BCUT2D eigenvalue weighted by molar-refractivity contribution is 5.89. The van der Waals surface area contributed by atoms with E-state index in [1.54, 1.807) is 0 Å². The molecular formula is C42H80N6O9. The van der Waals surface area contributed by atoms with Crippen LogP contribution in [0.1, 0.15) is 135 Å². The van der Waals surface area contributed by atoms with Gasteiger partial charge in [0.25, 0.3) is 0 Å². The molecule has 0 aromatic rings. The Morgan fingerprint density at radius 1 is 0.421 bits per heavy atom. The molecule has 6 amide bonds. The maximum atomic E-state index is 12.9. The van der Waals surface area contributed by atoms with Gasteiger partial charge in [-0.2, -0.15) is 0 Å². The van der Waals surface area contributed by atoms with Gasteiger partial charge in [-0.1, -0.05) is 48.5 Å². The molecule has 0 fully saturated rings. The Bertz CT molecular complexity index is 1070. The van der Waals surface area contributed by atoms with Crippen molar-refractivity contribution >= 4 is 35.4 Å². The van der Waals surface area contributed by atoms with Crippen LogP contribution in [0.25, 0.3) is 0 Å². The third kappa shape index (κ3) is 26.4. The van der Waals surface area contributed by atoms with Crippen molar-refractivity contribution in [3.8, 4) is 0 Å². The number of carbonyl (C=O) groups is 6. The molecular weight excluding hydrogens is 732 g/mol. The Morgan fingerprint density at radius 3 is 0.860 bits per heavy atom. The summed E-state index contributed by atoms with van der Waals surface area (Å²) in [5.41, 5.74) is -0.685. The Labute approximate surface area is 343 Å². The summed E-state index contributed by atoms with van der Waals surface area (Å²) in [7, 11) is 0. The minimum atomic E-state index is -0.685. The van der Waals surface area contributed by atoms with Crippen LogP contribution < -0.4 is 31.9 Å². The number of hydrogen-bond acceptors (Lipinski definition) is 9. The van der Waals surface area contributed by atoms with E-state index < -0.39 is 23.5 Å². The number of rotatable bonds is 31. The number of hydrogen-bond donors (Lipinski definition) is 6. The molecule has 15 heteroatoms. The summed E-state index contributed by atoms with van der Waals surface area (Å²) in [6.45, 7) is 25.9. The van der Waals surface area contributed by atoms with E-state index in [0.717, 1.165) is 0 Å². The smallest absolute Gasteiger partial charge is 0.242 e. The Kier molecular flexibility index (Phi) is 27.3. The van der Waals surface area contributed by atoms with Crippen LogP contribution in [0.4, 0.5) is 0 Å². The van der Waals surface area contributed by atoms with Gasteiger partial charge in [0.2, 0.25) is 35.4 Å². The van der Waals surface area contributed by atoms with Gasteiger partial charge in [-0.25, -0.2) is 0 Å². The van der Waals surface area contributed by atoms with Gasteiger partial charge in [0.05, 0.1) is 39.6 Å². The maximum absolute atomic E-state index is 12.9. The summed E-state index contributed by atoms with van der Waals surface area (Å²) >= 11 is 0. The fraction of sp³-hybridized carbons (Fsp3) is 0.857. The molecule has 0 rings (SSSR count).